The van der Waals surface area contributed by atoms with Crippen LogP contribution in [0.3, 0.4) is 0 Å². The number of aromatic nitrogens is 1. The predicted molar refractivity (Wildman–Crippen MR) is 183 cm³/mol. The van der Waals surface area contributed by atoms with Gasteiger partial charge in [-0.05, 0) is 52.4 Å². The van der Waals surface area contributed by atoms with Crippen molar-refractivity contribution in [2.45, 2.75) is 17.7 Å². The summed E-state index contributed by atoms with van der Waals surface area (Å²) in [5.74, 6) is 0. The van der Waals surface area contributed by atoms with Crippen molar-refractivity contribution in [3.8, 4) is 11.1 Å². The summed E-state index contributed by atoms with van der Waals surface area (Å²) in [5.41, 5.74) is 16.0. The largest absolute Gasteiger partial charge is 0.300 e. The molecule has 8 rings (SSSR count). The Kier molecular flexibility index (Phi) is 6.16. The molecule has 0 saturated carbocycles. The smallest absolute Gasteiger partial charge is 0.0763 e. The number of allylic oxidation sites excluding steroid dienone is 4. The highest BCUT2D eigenvalue weighted by Gasteiger charge is 2.31. The number of rotatable bonds is 4. The number of hydrogen-bond donors (Lipinski definition) is 2. The van der Waals surface area contributed by atoms with E-state index in [1.165, 1.54) is 49.0 Å². The lowest BCUT2D eigenvalue weighted by Gasteiger charge is -2.20. The topological polar surface area (TPSA) is 40.8 Å². The number of nitrogens with one attached hydrogen (secondary N) is 2. The van der Waals surface area contributed by atoms with Gasteiger partial charge in [-0.2, -0.15) is 0 Å². The molecule has 0 unspecified atom stereocenters. The van der Waals surface area contributed by atoms with E-state index in [4.69, 9.17) is 5.41 Å². The Balaban J connectivity index is 1.43. The predicted octanol–water partition coefficient (Wildman–Crippen LogP) is 9.93. The average Bonchev–Trinajstić information content (AvgIpc) is 3.60. The number of anilines is 1. The number of para-hydroxylation sites is 2. The molecular weight excluding hydrogens is 543 g/mol. The molecule has 2 aliphatic rings. The highest BCUT2D eigenvalue weighted by molar-refractivity contribution is 8.03. The maximum atomic E-state index is 9.11. The summed E-state index contributed by atoms with van der Waals surface area (Å²) in [7, 11) is 0. The third-order valence-corrected chi connectivity index (χ3v) is 9.55. The van der Waals surface area contributed by atoms with Crippen molar-refractivity contribution < 1.29 is 0 Å². The van der Waals surface area contributed by atoms with E-state index in [0.29, 0.717) is 5.71 Å². The summed E-state index contributed by atoms with van der Waals surface area (Å²) >= 11 is 1.77. The van der Waals surface area contributed by atoms with Crippen LogP contribution in [-0.4, -0.2) is 10.4 Å². The highest BCUT2D eigenvalue weighted by Crippen LogP contribution is 2.51. The molecule has 43 heavy (non-hydrogen) atoms. The summed E-state index contributed by atoms with van der Waals surface area (Å²) in [4.78, 5) is 2.29. The zero-order chi connectivity index (χ0) is 28.9. The van der Waals surface area contributed by atoms with E-state index in [1.807, 2.05) is 48.5 Å². The molecule has 0 saturated heterocycles. The first-order valence-electron chi connectivity index (χ1n) is 14.6. The quantitative estimate of drug-likeness (QED) is 0.206. The zero-order valence-corrected chi connectivity index (χ0v) is 24.4. The van der Waals surface area contributed by atoms with Gasteiger partial charge in [0.15, 0.2) is 0 Å². The van der Waals surface area contributed by atoms with Crippen LogP contribution in [0.5, 0.6) is 0 Å². The van der Waals surface area contributed by atoms with E-state index in [9.17, 15) is 0 Å². The minimum absolute atomic E-state index is 0.494. The van der Waals surface area contributed by atoms with E-state index >= 15 is 0 Å². The van der Waals surface area contributed by atoms with Crippen molar-refractivity contribution in [2.24, 2.45) is 0 Å². The molecule has 4 heteroatoms. The van der Waals surface area contributed by atoms with Crippen molar-refractivity contribution in [3.05, 3.63) is 167 Å². The lowest BCUT2D eigenvalue weighted by atomic mass is 9.94. The SMILES string of the molecule is C=C1/C=C\C=C/Cc2c3c(c4c(c2S1)c1ccccc1n4Nc1ccccc1C(=N)c1ccccc1)Cc1ccccc1-3. The molecule has 0 spiro atoms. The second-order valence-corrected chi connectivity index (χ2v) is 12.2. The number of nitrogens with zero attached hydrogens (tertiary/aromatic N) is 1. The minimum Gasteiger partial charge on any atom is -0.300 e. The molecule has 206 valence electrons. The van der Waals surface area contributed by atoms with E-state index in [2.05, 4.69) is 95.6 Å². The second-order valence-electron chi connectivity index (χ2n) is 11.0. The van der Waals surface area contributed by atoms with Crippen LogP contribution in [0.25, 0.3) is 32.9 Å². The van der Waals surface area contributed by atoms with Crippen LogP contribution in [0.4, 0.5) is 5.69 Å². The van der Waals surface area contributed by atoms with Crippen molar-refractivity contribution in [1.82, 2.24) is 4.68 Å². The lowest BCUT2D eigenvalue weighted by molar-refractivity contribution is 1.04. The fraction of sp³-hybridized carbons (Fsp3) is 0.0513. The van der Waals surface area contributed by atoms with Gasteiger partial charge in [-0.3, -0.25) is 15.5 Å². The van der Waals surface area contributed by atoms with Gasteiger partial charge < -0.3 is 0 Å². The summed E-state index contributed by atoms with van der Waals surface area (Å²) in [6, 6.07) is 35.6. The van der Waals surface area contributed by atoms with Crippen LogP contribution in [0.1, 0.15) is 27.8 Å². The molecule has 5 aromatic carbocycles. The highest BCUT2D eigenvalue weighted by atomic mass is 32.2. The van der Waals surface area contributed by atoms with Gasteiger partial charge in [0.1, 0.15) is 0 Å². The fourth-order valence-electron chi connectivity index (χ4n) is 6.62. The van der Waals surface area contributed by atoms with Crippen molar-refractivity contribution >= 4 is 45.0 Å². The standard InChI is InChI=1S/C39H29N3S/c1-25-14-4-2-7-21-31-35-28-18-9-8-17-27(28)24-32(35)38-36(39(31)43-25)30-20-11-13-23-34(30)42(38)41-33-22-12-10-19-29(33)37(40)26-15-5-3-6-16-26/h2-20,22-23,40-41H,1,21,24H2/b7-2-,14-4-,40-37?. The molecule has 0 radical (unpaired) electrons. The van der Waals surface area contributed by atoms with Crippen molar-refractivity contribution in [1.29, 1.82) is 5.41 Å². The van der Waals surface area contributed by atoms with Crippen LogP contribution in [0.15, 0.2) is 144 Å². The number of hydrogen-bond acceptors (Lipinski definition) is 3. The van der Waals surface area contributed by atoms with Gasteiger partial charge in [-0.25, -0.2) is 0 Å². The van der Waals surface area contributed by atoms with Gasteiger partial charge in [-0.15, -0.1) is 0 Å². The number of thioether (sulfide) groups is 1. The Hall–Kier alpha value is -5.06. The molecule has 1 aliphatic carbocycles. The Morgan fingerprint density at radius 1 is 0.814 bits per heavy atom. The van der Waals surface area contributed by atoms with Crippen LogP contribution in [0.2, 0.25) is 0 Å². The maximum Gasteiger partial charge on any atom is 0.0763 e. The Labute approximate surface area is 255 Å². The molecule has 0 atom stereocenters. The van der Waals surface area contributed by atoms with E-state index < -0.39 is 0 Å². The first kappa shape index (κ1) is 25.6. The first-order chi connectivity index (χ1) is 21.2. The third kappa shape index (κ3) is 4.17. The molecule has 0 fully saturated rings. The molecular formula is C39H29N3S. The van der Waals surface area contributed by atoms with Gasteiger partial charge in [-0.1, -0.05) is 128 Å². The van der Waals surface area contributed by atoms with E-state index in [1.54, 1.807) is 11.8 Å². The number of fused-ring (bicyclic) bond motifs is 10. The Morgan fingerprint density at radius 2 is 1.58 bits per heavy atom. The molecule has 6 aromatic rings. The van der Waals surface area contributed by atoms with Crippen molar-refractivity contribution in [2.75, 3.05) is 5.43 Å². The minimum atomic E-state index is 0.494. The lowest BCUT2D eigenvalue weighted by Crippen LogP contribution is -2.14. The first-order valence-corrected chi connectivity index (χ1v) is 15.4. The van der Waals surface area contributed by atoms with Crippen LogP contribution < -0.4 is 5.43 Å². The van der Waals surface area contributed by atoms with E-state index in [-0.39, 0.29) is 0 Å². The molecule has 2 heterocycles. The normalized spacial score (nSPS) is 15.2. The van der Waals surface area contributed by atoms with Gasteiger partial charge in [0, 0.05) is 38.1 Å². The average molecular weight is 572 g/mol. The van der Waals surface area contributed by atoms with Crippen molar-refractivity contribution in [3.63, 3.8) is 0 Å². The summed E-state index contributed by atoms with van der Waals surface area (Å²) in [6.45, 7) is 4.41. The van der Waals surface area contributed by atoms with Crippen LogP contribution in [-0.2, 0) is 12.8 Å². The van der Waals surface area contributed by atoms with Gasteiger partial charge in [0.25, 0.3) is 0 Å². The van der Waals surface area contributed by atoms with Crippen LogP contribution in [0, 0.1) is 5.41 Å². The monoisotopic (exact) mass is 571 g/mol. The van der Waals surface area contributed by atoms with Gasteiger partial charge >= 0.3 is 0 Å². The van der Waals surface area contributed by atoms with Gasteiger partial charge in [0.2, 0.25) is 0 Å². The summed E-state index contributed by atoms with van der Waals surface area (Å²) < 4.78 is 2.27. The molecule has 3 nitrogen and oxygen atoms in total. The zero-order valence-electron chi connectivity index (χ0n) is 23.6. The molecule has 1 aromatic heterocycles. The number of benzene rings is 5. The van der Waals surface area contributed by atoms with E-state index in [0.717, 1.165) is 40.1 Å². The maximum absolute atomic E-state index is 9.11. The summed E-state index contributed by atoms with van der Waals surface area (Å²) in [6.07, 6.45) is 10.3. The molecule has 1 aliphatic heterocycles. The molecule has 2 N–H and O–H groups in total. The van der Waals surface area contributed by atoms with Gasteiger partial charge in [0.05, 0.1) is 22.4 Å². The third-order valence-electron chi connectivity index (χ3n) is 8.49. The summed E-state index contributed by atoms with van der Waals surface area (Å²) in [5, 5.41) is 11.6. The Morgan fingerprint density at radius 3 is 2.49 bits per heavy atom. The second kappa shape index (κ2) is 10.3. The fourth-order valence-corrected chi connectivity index (χ4v) is 7.65. The Bertz CT molecular complexity index is 2160. The molecule has 0 amide bonds. The molecule has 0 bridgehead atoms. The van der Waals surface area contributed by atoms with Crippen LogP contribution >= 0.6 is 11.8 Å².